The number of thiophene rings is 1. The lowest BCUT2D eigenvalue weighted by molar-refractivity contribution is 1.35. The standard InChI is InChI=1S/C13H10Br2N2S/c1-6-3-7(2)11-9(4-6)16-13(17-11)10-5-8(14)12(15)18-10/h3-5H,1-2H3,(H,16,17). The van der Waals surface area contributed by atoms with Crippen molar-refractivity contribution in [2.24, 2.45) is 0 Å². The first-order chi connectivity index (χ1) is 8.54. The predicted octanol–water partition coefficient (Wildman–Crippen LogP) is 5.43. The summed E-state index contributed by atoms with van der Waals surface area (Å²) < 4.78 is 2.15. The van der Waals surface area contributed by atoms with Crippen molar-refractivity contribution in [3.8, 4) is 10.7 Å². The Hall–Kier alpha value is -0.650. The molecule has 0 saturated heterocycles. The Morgan fingerprint density at radius 2 is 1.94 bits per heavy atom. The first kappa shape index (κ1) is 12.4. The molecule has 92 valence electrons. The maximum atomic E-state index is 4.69. The van der Waals surface area contributed by atoms with Crippen LogP contribution in [0.2, 0.25) is 0 Å². The second-order valence-electron chi connectivity index (χ2n) is 4.30. The van der Waals surface area contributed by atoms with Crippen molar-refractivity contribution in [1.29, 1.82) is 0 Å². The molecular formula is C13H10Br2N2S. The maximum Gasteiger partial charge on any atom is 0.148 e. The van der Waals surface area contributed by atoms with Crippen LogP contribution in [0.3, 0.4) is 0 Å². The van der Waals surface area contributed by atoms with E-state index in [1.165, 1.54) is 11.1 Å². The normalized spacial score (nSPS) is 11.3. The summed E-state index contributed by atoms with van der Waals surface area (Å²) in [6, 6.07) is 6.37. The van der Waals surface area contributed by atoms with Gasteiger partial charge in [-0.05, 0) is 69.0 Å². The molecule has 0 aliphatic carbocycles. The molecule has 3 rings (SSSR count). The topological polar surface area (TPSA) is 28.7 Å². The minimum absolute atomic E-state index is 0.926. The highest BCUT2D eigenvalue weighted by molar-refractivity contribution is 9.13. The van der Waals surface area contributed by atoms with Crippen molar-refractivity contribution in [3.63, 3.8) is 0 Å². The molecule has 0 aliphatic rings. The van der Waals surface area contributed by atoms with Gasteiger partial charge in [0.1, 0.15) is 5.82 Å². The smallest absolute Gasteiger partial charge is 0.148 e. The van der Waals surface area contributed by atoms with Gasteiger partial charge in [-0.1, -0.05) is 6.07 Å². The molecule has 2 heterocycles. The lowest BCUT2D eigenvalue weighted by Gasteiger charge is -1.96. The monoisotopic (exact) mass is 384 g/mol. The highest BCUT2D eigenvalue weighted by Gasteiger charge is 2.11. The number of nitrogens with zero attached hydrogens (tertiary/aromatic N) is 1. The maximum absolute atomic E-state index is 4.69. The van der Waals surface area contributed by atoms with E-state index in [9.17, 15) is 0 Å². The van der Waals surface area contributed by atoms with Crippen molar-refractivity contribution in [2.75, 3.05) is 0 Å². The number of nitrogens with one attached hydrogen (secondary N) is 1. The van der Waals surface area contributed by atoms with Crippen LogP contribution in [-0.4, -0.2) is 9.97 Å². The average Bonchev–Trinajstić information content (AvgIpc) is 2.84. The van der Waals surface area contributed by atoms with E-state index in [0.717, 1.165) is 30.0 Å². The number of hydrogen-bond donors (Lipinski definition) is 1. The van der Waals surface area contributed by atoms with E-state index in [2.05, 4.69) is 68.9 Å². The molecule has 0 spiro atoms. The van der Waals surface area contributed by atoms with Crippen LogP contribution in [0, 0.1) is 13.8 Å². The van der Waals surface area contributed by atoms with Gasteiger partial charge in [-0.2, -0.15) is 0 Å². The number of halogens is 2. The van der Waals surface area contributed by atoms with Crippen LogP contribution in [0.15, 0.2) is 26.5 Å². The van der Waals surface area contributed by atoms with E-state index >= 15 is 0 Å². The number of fused-ring (bicyclic) bond motifs is 1. The van der Waals surface area contributed by atoms with Gasteiger partial charge in [0, 0.05) is 4.47 Å². The summed E-state index contributed by atoms with van der Waals surface area (Å²) in [5.74, 6) is 0.926. The Bertz CT molecular complexity index is 723. The summed E-state index contributed by atoms with van der Waals surface area (Å²) in [4.78, 5) is 9.21. The first-order valence-electron chi connectivity index (χ1n) is 5.47. The average molecular weight is 386 g/mol. The van der Waals surface area contributed by atoms with Gasteiger partial charge in [0.2, 0.25) is 0 Å². The number of benzene rings is 1. The Morgan fingerprint density at radius 3 is 2.61 bits per heavy atom. The molecule has 18 heavy (non-hydrogen) atoms. The van der Waals surface area contributed by atoms with Crippen LogP contribution < -0.4 is 0 Å². The predicted molar refractivity (Wildman–Crippen MR) is 84.3 cm³/mol. The molecule has 0 amide bonds. The Balaban J connectivity index is 2.22. The first-order valence-corrected chi connectivity index (χ1v) is 7.87. The summed E-state index contributed by atoms with van der Waals surface area (Å²) in [7, 11) is 0. The summed E-state index contributed by atoms with van der Waals surface area (Å²) in [5, 5.41) is 0. The summed E-state index contributed by atoms with van der Waals surface area (Å²) in [6.07, 6.45) is 0. The number of aryl methyl sites for hydroxylation is 2. The molecule has 2 nitrogen and oxygen atoms in total. The third-order valence-electron chi connectivity index (χ3n) is 2.80. The molecule has 1 aromatic carbocycles. The molecule has 3 aromatic rings. The van der Waals surface area contributed by atoms with Crippen molar-refractivity contribution in [1.82, 2.24) is 9.97 Å². The molecule has 2 aromatic heterocycles. The Morgan fingerprint density at radius 1 is 1.17 bits per heavy atom. The zero-order valence-corrected chi connectivity index (χ0v) is 13.8. The van der Waals surface area contributed by atoms with Crippen molar-refractivity contribution in [2.45, 2.75) is 13.8 Å². The molecule has 0 saturated carbocycles. The van der Waals surface area contributed by atoms with Crippen LogP contribution in [0.5, 0.6) is 0 Å². The number of imidazole rings is 1. The van der Waals surface area contributed by atoms with E-state index in [4.69, 9.17) is 4.98 Å². The van der Waals surface area contributed by atoms with Gasteiger partial charge in [0.25, 0.3) is 0 Å². The zero-order valence-electron chi connectivity index (χ0n) is 9.84. The fraction of sp³-hybridized carbons (Fsp3) is 0.154. The minimum atomic E-state index is 0.926. The van der Waals surface area contributed by atoms with E-state index < -0.39 is 0 Å². The van der Waals surface area contributed by atoms with Crippen molar-refractivity contribution < 1.29 is 0 Å². The molecule has 0 unspecified atom stereocenters. The third-order valence-corrected chi connectivity index (χ3v) is 6.06. The minimum Gasteiger partial charge on any atom is -0.337 e. The number of hydrogen-bond acceptors (Lipinski definition) is 2. The molecule has 0 atom stereocenters. The second kappa shape index (κ2) is 4.47. The number of H-pyrrole nitrogens is 1. The van der Waals surface area contributed by atoms with Gasteiger partial charge in [-0.25, -0.2) is 4.98 Å². The lowest BCUT2D eigenvalue weighted by atomic mass is 10.1. The van der Waals surface area contributed by atoms with Gasteiger partial charge in [0.05, 0.1) is 19.7 Å². The van der Waals surface area contributed by atoms with Crippen LogP contribution in [-0.2, 0) is 0 Å². The van der Waals surface area contributed by atoms with Gasteiger partial charge in [-0.3, -0.25) is 0 Å². The molecule has 0 aliphatic heterocycles. The zero-order chi connectivity index (χ0) is 12.9. The van der Waals surface area contributed by atoms with Crippen LogP contribution in [0.1, 0.15) is 11.1 Å². The Kier molecular flexibility index (Phi) is 3.08. The van der Waals surface area contributed by atoms with Crippen LogP contribution in [0.25, 0.3) is 21.7 Å². The van der Waals surface area contributed by atoms with Gasteiger partial charge < -0.3 is 4.98 Å². The van der Waals surface area contributed by atoms with Crippen LogP contribution >= 0.6 is 43.2 Å². The van der Waals surface area contributed by atoms with E-state index in [1.54, 1.807) is 11.3 Å². The van der Waals surface area contributed by atoms with Gasteiger partial charge in [-0.15, -0.1) is 11.3 Å². The summed E-state index contributed by atoms with van der Waals surface area (Å²) in [5.41, 5.74) is 4.62. The summed E-state index contributed by atoms with van der Waals surface area (Å²) >= 11 is 8.69. The SMILES string of the molecule is Cc1cc(C)c2nc(-c3cc(Br)c(Br)s3)[nH]c2c1. The van der Waals surface area contributed by atoms with Gasteiger partial charge >= 0.3 is 0 Å². The lowest BCUT2D eigenvalue weighted by Crippen LogP contribution is -1.79. The fourth-order valence-corrected chi connectivity index (χ4v) is 4.03. The molecule has 0 bridgehead atoms. The fourth-order valence-electron chi connectivity index (χ4n) is 2.05. The molecule has 5 heteroatoms. The van der Waals surface area contributed by atoms with E-state index in [1.807, 2.05) is 0 Å². The summed E-state index contributed by atoms with van der Waals surface area (Å²) in [6.45, 7) is 4.20. The van der Waals surface area contributed by atoms with Crippen molar-refractivity contribution in [3.05, 3.63) is 37.6 Å². The van der Waals surface area contributed by atoms with E-state index in [-0.39, 0.29) is 0 Å². The molecule has 0 radical (unpaired) electrons. The van der Waals surface area contributed by atoms with Crippen LogP contribution in [0.4, 0.5) is 0 Å². The largest absolute Gasteiger partial charge is 0.337 e. The quantitative estimate of drug-likeness (QED) is 0.594. The molecular weight excluding hydrogens is 376 g/mol. The van der Waals surface area contributed by atoms with Crippen molar-refractivity contribution >= 4 is 54.2 Å². The number of aromatic nitrogens is 2. The third kappa shape index (κ3) is 2.04. The Labute approximate surface area is 126 Å². The van der Waals surface area contributed by atoms with Gasteiger partial charge in [0.15, 0.2) is 0 Å². The molecule has 1 N–H and O–H groups in total. The van der Waals surface area contributed by atoms with E-state index in [0.29, 0.717) is 0 Å². The molecule has 0 fully saturated rings. The number of aromatic amines is 1. The second-order valence-corrected chi connectivity index (χ2v) is 7.52. The highest BCUT2D eigenvalue weighted by Crippen LogP contribution is 2.37. The highest BCUT2D eigenvalue weighted by atomic mass is 79.9. The number of rotatable bonds is 1.